The van der Waals surface area contributed by atoms with Gasteiger partial charge in [0, 0.05) is 10.9 Å². The summed E-state index contributed by atoms with van der Waals surface area (Å²) in [6, 6.07) is 6.11. The average Bonchev–Trinajstić information content (AvgIpc) is 2.79. The van der Waals surface area contributed by atoms with Crippen molar-refractivity contribution in [3.05, 3.63) is 50.6 Å². The SMILES string of the molecule is CC(Nc1cc(F)c(Br)cc1F)c1cccs1. The van der Waals surface area contributed by atoms with E-state index in [9.17, 15) is 8.78 Å². The third-order valence-corrected chi connectivity index (χ3v) is 4.01. The van der Waals surface area contributed by atoms with E-state index in [1.807, 2.05) is 24.4 Å². The van der Waals surface area contributed by atoms with Gasteiger partial charge in [0.2, 0.25) is 0 Å². The molecule has 1 heterocycles. The highest BCUT2D eigenvalue weighted by Gasteiger charge is 2.12. The monoisotopic (exact) mass is 317 g/mol. The quantitative estimate of drug-likeness (QED) is 0.789. The fourth-order valence-electron chi connectivity index (χ4n) is 1.48. The summed E-state index contributed by atoms with van der Waals surface area (Å²) in [5, 5.41) is 4.91. The summed E-state index contributed by atoms with van der Waals surface area (Å²) < 4.78 is 27.0. The Kier molecular flexibility index (Phi) is 3.79. The first kappa shape index (κ1) is 12.5. The number of thiophene rings is 1. The van der Waals surface area contributed by atoms with Crippen LogP contribution in [0.15, 0.2) is 34.1 Å². The molecule has 1 aromatic carbocycles. The fraction of sp³-hybridized carbons (Fsp3) is 0.167. The number of anilines is 1. The zero-order chi connectivity index (χ0) is 12.4. The normalized spacial score (nSPS) is 12.5. The fourth-order valence-corrected chi connectivity index (χ4v) is 2.53. The average molecular weight is 318 g/mol. The van der Waals surface area contributed by atoms with Crippen LogP contribution in [0.5, 0.6) is 0 Å². The summed E-state index contributed by atoms with van der Waals surface area (Å²) in [4.78, 5) is 1.08. The highest BCUT2D eigenvalue weighted by atomic mass is 79.9. The molecular formula is C12H10BrF2NS. The maximum absolute atomic E-state index is 13.6. The number of hydrogen-bond donors (Lipinski definition) is 1. The maximum Gasteiger partial charge on any atom is 0.147 e. The highest BCUT2D eigenvalue weighted by Crippen LogP contribution is 2.28. The second-order valence-electron chi connectivity index (χ2n) is 3.63. The lowest BCUT2D eigenvalue weighted by molar-refractivity contribution is 0.595. The zero-order valence-electron chi connectivity index (χ0n) is 9.01. The van der Waals surface area contributed by atoms with Crippen LogP contribution in [-0.2, 0) is 0 Å². The van der Waals surface area contributed by atoms with Crippen molar-refractivity contribution in [2.75, 3.05) is 5.32 Å². The molecule has 5 heteroatoms. The first-order valence-corrected chi connectivity index (χ1v) is 6.69. The van der Waals surface area contributed by atoms with Crippen molar-refractivity contribution < 1.29 is 8.78 Å². The van der Waals surface area contributed by atoms with Gasteiger partial charge >= 0.3 is 0 Å². The summed E-state index contributed by atoms with van der Waals surface area (Å²) in [6.07, 6.45) is 0. The largest absolute Gasteiger partial charge is 0.375 e. The molecule has 1 N–H and O–H groups in total. The van der Waals surface area contributed by atoms with Crippen LogP contribution in [0.2, 0.25) is 0 Å². The summed E-state index contributed by atoms with van der Waals surface area (Å²) in [6.45, 7) is 1.91. The van der Waals surface area contributed by atoms with Gasteiger partial charge in [-0.1, -0.05) is 6.07 Å². The summed E-state index contributed by atoms with van der Waals surface area (Å²) in [5.74, 6) is -0.950. The molecular weight excluding hydrogens is 308 g/mol. The number of rotatable bonds is 3. The van der Waals surface area contributed by atoms with Crippen LogP contribution in [0, 0.1) is 11.6 Å². The molecule has 1 nitrogen and oxygen atoms in total. The third kappa shape index (κ3) is 2.84. The van der Waals surface area contributed by atoms with Crippen molar-refractivity contribution in [1.82, 2.24) is 0 Å². The molecule has 1 aromatic heterocycles. The van der Waals surface area contributed by atoms with E-state index in [0.29, 0.717) is 0 Å². The number of benzene rings is 1. The Morgan fingerprint density at radius 2 is 2.06 bits per heavy atom. The van der Waals surface area contributed by atoms with Gasteiger partial charge in [0.1, 0.15) is 11.6 Å². The Morgan fingerprint density at radius 1 is 1.29 bits per heavy atom. The minimum Gasteiger partial charge on any atom is -0.375 e. The Morgan fingerprint density at radius 3 is 2.71 bits per heavy atom. The molecule has 90 valence electrons. The van der Waals surface area contributed by atoms with E-state index in [4.69, 9.17) is 0 Å². The molecule has 0 bridgehead atoms. The molecule has 17 heavy (non-hydrogen) atoms. The molecule has 0 saturated carbocycles. The van der Waals surface area contributed by atoms with Crippen molar-refractivity contribution in [2.45, 2.75) is 13.0 Å². The van der Waals surface area contributed by atoms with E-state index in [2.05, 4.69) is 21.2 Å². The molecule has 2 aromatic rings. The van der Waals surface area contributed by atoms with Crippen LogP contribution >= 0.6 is 27.3 Å². The van der Waals surface area contributed by atoms with Crippen LogP contribution < -0.4 is 5.32 Å². The zero-order valence-corrected chi connectivity index (χ0v) is 11.4. The van der Waals surface area contributed by atoms with Crippen LogP contribution in [-0.4, -0.2) is 0 Å². The minimum atomic E-state index is -0.479. The molecule has 0 aliphatic carbocycles. The molecule has 1 unspecified atom stereocenters. The van der Waals surface area contributed by atoms with Crippen LogP contribution in [0.4, 0.5) is 14.5 Å². The van der Waals surface area contributed by atoms with Gasteiger partial charge in [-0.25, -0.2) is 8.78 Å². The first-order chi connectivity index (χ1) is 8.08. The highest BCUT2D eigenvalue weighted by molar-refractivity contribution is 9.10. The summed E-state index contributed by atoms with van der Waals surface area (Å²) in [5.41, 5.74) is 0.173. The number of halogens is 3. The molecule has 0 aliphatic rings. The second-order valence-corrected chi connectivity index (χ2v) is 5.46. The van der Waals surface area contributed by atoms with Gasteiger partial charge in [0.05, 0.1) is 16.2 Å². The third-order valence-electron chi connectivity index (χ3n) is 2.35. The van der Waals surface area contributed by atoms with E-state index < -0.39 is 11.6 Å². The Labute approximate surface area is 111 Å². The van der Waals surface area contributed by atoms with Gasteiger partial charge in [-0.05, 0) is 40.4 Å². The topological polar surface area (TPSA) is 12.0 Å². The minimum absolute atomic E-state index is 0.0509. The lowest BCUT2D eigenvalue weighted by atomic mass is 10.2. The molecule has 0 spiro atoms. The molecule has 0 radical (unpaired) electrons. The van der Waals surface area contributed by atoms with Crippen molar-refractivity contribution in [2.24, 2.45) is 0 Å². The Bertz CT molecular complexity index is 513. The van der Waals surface area contributed by atoms with E-state index in [1.54, 1.807) is 11.3 Å². The van der Waals surface area contributed by atoms with Gasteiger partial charge in [0.25, 0.3) is 0 Å². The first-order valence-electron chi connectivity index (χ1n) is 5.02. The van der Waals surface area contributed by atoms with Crippen LogP contribution in [0.25, 0.3) is 0 Å². The van der Waals surface area contributed by atoms with Crippen molar-refractivity contribution in [3.63, 3.8) is 0 Å². The van der Waals surface area contributed by atoms with E-state index in [0.717, 1.165) is 17.0 Å². The predicted octanol–water partition coefficient (Wildman–Crippen LogP) is 4.96. The second kappa shape index (κ2) is 5.14. The van der Waals surface area contributed by atoms with Gasteiger partial charge in [-0.3, -0.25) is 0 Å². The van der Waals surface area contributed by atoms with E-state index in [-0.39, 0.29) is 16.2 Å². The van der Waals surface area contributed by atoms with Gasteiger partial charge < -0.3 is 5.32 Å². The number of hydrogen-bond acceptors (Lipinski definition) is 2. The van der Waals surface area contributed by atoms with Crippen molar-refractivity contribution in [3.8, 4) is 0 Å². The molecule has 1 atom stereocenters. The van der Waals surface area contributed by atoms with Gasteiger partial charge in [0.15, 0.2) is 0 Å². The van der Waals surface area contributed by atoms with Crippen molar-refractivity contribution >= 4 is 33.0 Å². The molecule has 0 saturated heterocycles. The Hall–Kier alpha value is -0.940. The summed E-state index contributed by atoms with van der Waals surface area (Å²) in [7, 11) is 0. The lowest BCUT2D eigenvalue weighted by Crippen LogP contribution is -2.06. The van der Waals surface area contributed by atoms with Gasteiger partial charge in [-0.15, -0.1) is 11.3 Å². The van der Waals surface area contributed by atoms with Crippen molar-refractivity contribution in [1.29, 1.82) is 0 Å². The van der Waals surface area contributed by atoms with E-state index >= 15 is 0 Å². The summed E-state index contributed by atoms with van der Waals surface area (Å²) >= 11 is 4.52. The lowest BCUT2D eigenvalue weighted by Gasteiger charge is -2.14. The molecule has 0 fully saturated rings. The van der Waals surface area contributed by atoms with E-state index in [1.165, 1.54) is 0 Å². The van der Waals surface area contributed by atoms with Crippen LogP contribution in [0.1, 0.15) is 17.8 Å². The Balaban J connectivity index is 2.22. The molecule has 0 amide bonds. The number of nitrogens with one attached hydrogen (secondary N) is 1. The van der Waals surface area contributed by atoms with Crippen LogP contribution in [0.3, 0.4) is 0 Å². The predicted molar refractivity (Wildman–Crippen MR) is 70.4 cm³/mol. The molecule has 0 aliphatic heterocycles. The van der Waals surface area contributed by atoms with Gasteiger partial charge in [-0.2, -0.15) is 0 Å². The standard InChI is InChI=1S/C12H10BrF2NS/c1-7(12-3-2-4-17-12)16-11-6-9(14)8(13)5-10(11)15/h2-7,16H,1H3. The molecule has 2 rings (SSSR count). The smallest absolute Gasteiger partial charge is 0.147 e. The maximum atomic E-state index is 13.6.